The number of azo groups is 1. The van der Waals surface area contributed by atoms with Gasteiger partial charge in [-0.05, 0) is 37.0 Å². The van der Waals surface area contributed by atoms with Gasteiger partial charge in [0, 0.05) is 49.2 Å². The van der Waals surface area contributed by atoms with Gasteiger partial charge in [-0.3, -0.25) is 9.59 Å². The minimum absolute atomic E-state index is 0.00961. The zero-order chi connectivity index (χ0) is 19.4. The SMILES string of the molecule is CN(C(=O)C1N=NC2CCN(C(=O)C3Cc4ccc(Cl)cc4N3)CC21)C1CC1. The van der Waals surface area contributed by atoms with Gasteiger partial charge in [0.05, 0.1) is 6.04 Å². The topological polar surface area (TPSA) is 77.4 Å². The lowest BCUT2D eigenvalue weighted by Gasteiger charge is -2.36. The van der Waals surface area contributed by atoms with Crippen molar-refractivity contribution in [2.45, 2.75) is 49.9 Å². The van der Waals surface area contributed by atoms with E-state index < -0.39 is 6.04 Å². The molecule has 0 bridgehead atoms. The number of anilines is 1. The number of hydrogen-bond acceptors (Lipinski definition) is 5. The molecule has 3 aliphatic heterocycles. The molecule has 1 saturated carbocycles. The Hall–Kier alpha value is -2.15. The lowest BCUT2D eigenvalue weighted by molar-refractivity contribution is -0.137. The molecule has 4 atom stereocenters. The average Bonchev–Trinajstić information content (AvgIpc) is 3.33. The highest BCUT2D eigenvalue weighted by molar-refractivity contribution is 6.30. The molecular weight excluding hydrogens is 378 g/mol. The largest absolute Gasteiger partial charge is 0.373 e. The van der Waals surface area contributed by atoms with E-state index in [2.05, 4.69) is 15.5 Å². The Kier molecular flexibility index (Phi) is 4.30. The highest BCUT2D eigenvalue weighted by Crippen LogP contribution is 2.35. The first kappa shape index (κ1) is 17.9. The normalized spacial score (nSPS) is 30.6. The predicted molar refractivity (Wildman–Crippen MR) is 105 cm³/mol. The molecule has 1 saturated heterocycles. The zero-order valence-electron chi connectivity index (χ0n) is 15.8. The zero-order valence-corrected chi connectivity index (χ0v) is 16.6. The summed E-state index contributed by atoms with van der Waals surface area (Å²) in [4.78, 5) is 29.7. The molecule has 1 aromatic carbocycles. The lowest BCUT2D eigenvalue weighted by Crippen LogP contribution is -2.53. The second-order valence-electron chi connectivity index (χ2n) is 8.36. The van der Waals surface area contributed by atoms with E-state index in [1.165, 1.54) is 0 Å². The number of benzene rings is 1. The Labute approximate surface area is 169 Å². The van der Waals surface area contributed by atoms with Crippen molar-refractivity contribution in [2.75, 3.05) is 25.5 Å². The maximum absolute atomic E-state index is 13.1. The Morgan fingerprint density at radius 2 is 2.07 bits per heavy atom. The number of amides is 2. The second kappa shape index (κ2) is 6.72. The van der Waals surface area contributed by atoms with Crippen molar-refractivity contribution in [2.24, 2.45) is 16.1 Å². The smallest absolute Gasteiger partial charge is 0.249 e. The third-order valence-electron chi connectivity index (χ3n) is 6.50. The van der Waals surface area contributed by atoms with Crippen molar-refractivity contribution < 1.29 is 9.59 Å². The molecule has 5 rings (SSSR count). The fraction of sp³-hybridized carbons (Fsp3) is 0.600. The minimum Gasteiger partial charge on any atom is -0.373 e. The number of fused-ring (bicyclic) bond motifs is 2. The Morgan fingerprint density at radius 3 is 2.86 bits per heavy atom. The Balaban J connectivity index is 1.26. The molecule has 148 valence electrons. The molecule has 4 aliphatic rings. The number of halogens is 1. The fourth-order valence-corrected chi connectivity index (χ4v) is 4.81. The summed E-state index contributed by atoms with van der Waals surface area (Å²) < 4.78 is 0. The van der Waals surface area contributed by atoms with Gasteiger partial charge in [0.25, 0.3) is 0 Å². The molecule has 1 aliphatic carbocycles. The first-order valence-electron chi connectivity index (χ1n) is 10.0. The van der Waals surface area contributed by atoms with Crippen LogP contribution in [0.25, 0.3) is 0 Å². The summed E-state index contributed by atoms with van der Waals surface area (Å²) in [6.45, 7) is 1.20. The average molecular weight is 402 g/mol. The molecule has 28 heavy (non-hydrogen) atoms. The molecule has 4 unspecified atom stereocenters. The van der Waals surface area contributed by atoms with E-state index in [9.17, 15) is 9.59 Å². The van der Waals surface area contributed by atoms with Crippen LogP contribution in [0.4, 0.5) is 5.69 Å². The number of likely N-dealkylation sites (tertiary alicyclic amines) is 1. The van der Waals surface area contributed by atoms with E-state index >= 15 is 0 Å². The van der Waals surface area contributed by atoms with Gasteiger partial charge in [0.2, 0.25) is 11.8 Å². The first-order valence-corrected chi connectivity index (χ1v) is 10.4. The third-order valence-corrected chi connectivity index (χ3v) is 6.73. The molecule has 0 spiro atoms. The second-order valence-corrected chi connectivity index (χ2v) is 8.80. The molecule has 1 aromatic rings. The summed E-state index contributed by atoms with van der Waals surface area (Å²) >= 11 is 6.07. The van der Waals surface area contributed by atoms with E-state index in [1.807, 2.05) is 35.0 Å². The number of carbonyl (C=O) groups is 2. The third kappa shape index (κ3) is 3.05. The van der Waals surface area contributed by atoms with Gasteiger partial charge in [0.1, 0.15) is 6.04 Å². The predicted octanol–water partition coefficient (Wildman–Crippen LogP) is 2.35. The Bertz CT molecular complexity index is 855. The number of nitrogens with one attached hydrogen (secondary N) is 1. The van der Waals surface area contributed by atoms with Crippen molar-refractivity contribution in [1.82, 2.24) is 9.80 Å². The van der Waals surface area contributed by atoms with E-state index in [-0.39, 0.29) is 29.8 Å². The quantitative estimate of drug-likeness (QED) is 0.844. The van der Waals surface area contributed by atoms with Crippen LogP contribution in [-0.4, -0.2) is 65.9 Å². The van der Waals surface area contributed by atoms with E-state index in [1.54, 1.807) is 0 Å². The van der Waals surface area contributed by atoms with Gasteiger partial charge in [-0.2, -0.15) is 10.2 Å². The van der Waals surface area contributed by atoms with Crippen LogP contribution in [0, 0.1) is 5.92 Å². The van der Waals surface area contributed by atoms with Crippen LogP contribution in [0.2, 0.25) is 5.02 Å². The van der Waals surface area contributed by atoms with E-state index in [4.69, 9.17) is 11.6 Å². The molecule has 2 fully saturated rings. The number of likely N-dealkylation sites (N-methyl/N-ethyl adjacent to an activating group) is 1. The van der Waals surface area contributed by atoms with Gasteiger partial charge >= 0.3 is 0 Å². The van der Waals surface area contributed by atoms with Crippen molar-refractivity contribution in [3.8, 4) is 0 Å². The molecule has 0 aromatic heterocycles. The van der Waals surface area contributed by atoms with Crippen molar-refractivity contribution in [3.63, 3.8) is 0 Å². The maximum Gasteiger partial charge on any atom is 0.249 e. The monoisotopic (exact) mass is 401 g/mol. The molecular formula is C20H24ClN5O2. The number of piperidine rings is 1. The Morgan fingerprint density at radius 1 is 1.25 bits per heavy atom. The van der Waals surface area contributed by atoms with Crippen LogP contribution in [0.3, 0.4) is 0 Å². The molecule has 7 nitrogen and oxygen atoms in total. The van der Waals surface area contributed by atoms with Crippen LogP contribution in [0.5, 0.6) is 0 Å². The standard InChI is InChI=1S/C20H24ClN5O2/c1-25(13-4-5-13)20(28)18-14-10-26(7-6-15(14)23-24-18)19(27)17-8-11-2-3-12(21)9-16(11)22-17/h2-3,9,13-15,17-18,22H,4-8,10H2,1H3. The highest BCUT2D eigenvalue weighted by Gasteiger charge is 2.47. The summed E-state index contributed by atoms with van der Waals surface area (Å²) in [5.41, 5.74) is 2.05. The van der Waals surface area contributed by atoms with Crippen molar-refractivity contribution in [3.05, 3.63) is 28.8 Å². The number of carbonyl (C=O) groups excluding carboxylic acids is 2. The van der Waals surface area contributed by atoms with E-state index in [0.29, 0.717) is 30.6 Å². The highest BCUT2D eigenvalue weighted by atomic mass is 35.5. The van der Waals surface area contributed by atoms with Gasteiger partial charge < -0.3 is 15.1 Å². The first-order chi connectivity index (χ1) is 13.5. The minimum atomic E-state index is -0.446. The summed E-state index contributed by atoms with van der Waals surface area (Å²) in [5, 5.41) is 12.6. The molecule has 8 heteroatoms. The fourth-order valence-electron chi connectivity index (χ4n) is 4.64. The van der Waals surface area contributed by atoms with Crippen LogP contribution in [0.15, 0.2) is 28.4 Å². The summed E-state index contributed by atoms with van der Waals surface area (Å²) in [6, 6.07) is 5.39. The van der Waals surface area contributed by atoms with Crippen LogP contribution in [-0.2, 0) is 16.0 Å². The summed E-state index contributed by atoms with van der Waals surface area (Å²) in [5.74, 6) is 0.123. The number of rotatable bonds is 3. The molecule has 1 N–H and O–H groups in total. The maximum atomic E-state index is 13.1. The number of nitrogens with zero attached hydrogens (tertiary/aromatic N) is 4. The van der Waals surface area contributed by atoms with Crippen molar-refractivity contribution >= 4 is 29.1 Å². The van der Waals surface area contributed by atoms with Gasteiger partial charge in [-0.15, -0.1) is 0 Å². The van der Waals surface area contributed by atoms with Crippen LogP contribution >= 0.6 is 11.6 Å². The van der Waals surface area contributed by atoms with Crippen LogP contribution < -0.4 is 5.32 Å². The molecule has 2 amide bonds. The van der Waals surface area contributed by atoms with Crippen molar-refractivity contribution in [1.29, 1.82) is 0 Å². The lowest BCUT2D eigenvalue weighted by atomic mass is 9.87. The molecule has 0 radical (unpaired) electrons. The van der Waals surface area contributed by atoms with Crippen LogP contribution in [0.1, 0.15) is 24.8 Å². The molecule has 3 heterocycles. The van der Waals surface area contributed by atoms with Gasteiger partial charge in [0.15, 0.2) is 6.04 Å². The van der Waals surface area contributed by atoms with Gasteiger partial charge in [-0.1, -0.05) is 17.7 Å². The van der Waals surface area contributed by atoms with Gasteiger partial charge in [-0.25, -0.2) is 0 Å². The summed E-state index contributed by atoms with van der Waals surface area (Å²) in [6.07, 6.45) is 3.57. The van der Waals surface area contributed by atoms with E-state index in [0.717, 1.165) is 30.5 Å². The summed E-state index contributed by atoms with van der Waals surface area (Å²) in [7, 11) is 1.86. The number of hydrogen-bond donors (Lipinski definition) is 1.